The summed E-state index contributed by atoms with van der Waals surface area (Å²) in [6.07, 6.45) is 0. The molecule has 0 atom stereocenters. The Morgan fingerprint density at radius 2 is 1.48 bits per heavy atom. The van der Waals surface area contributed by atoms with E-state index >= 15 is 0 Å². The number of rotatable bonds is 5. The molecule has 0 unspecified atom stereocenters. The Morgan fingerprint density at radius 1 is 0.848 bits per heavy atom. The van der Waals surface area contributed by atoms with Crippen LogP contribution in [0.25, 0.3) is 0 Å². The summed E-state index contributed by atoms with van der Waals surface area (Å²) in [5.74, 6) is -2.60. The van der Waals surface area contributed by atoms with E-state index in [9.17, 15) is 19.2 Å². The third-order valence-corrected chi connectivity index (χ3v) is 6.08. The molecule has 0 bridgehead atoms. The van der Waals surface area contributed by atoms with Crippen molar-refractivity contribution in [3.63, 3.8) is 0 Å². The highest BCUT2D eigenvalue weighted by Crippen LogP contribution is 2.28. The lowest BCUT2D eigenvalue weighted by molar-refractivity contribution is 0.00532. The molecule has 1 aliphatic heterocycles. The first-order valence-corrected chi connectivity index (χ1v) is 10.8. The number of carbonyl (C=O) groups is 4. The number of amides is 3. The van der Waals surface area contributed by atoms with Crippen molar-refractivity contribution >= 4 is 46.7 Å². The lowest BCUT2D eigenvalue weighted by Crippen LogP contribution is -2.51. The minimum atomic E-state index is -0.775. The van der Waals surface area contributed by atoms with E-state index in [2.05, 4.69) is 0 Å². The summed E-state index contributed by atoms with van der Waals surface area (Å²) in [4.78, 5) is 52.8. The van der Waals surface area contributed by atoms with E-state index in [0.29, 0.717) is 15.6 Å². The fourth-order valence-corrected chi connectivity index (χ4v) is 4.06. The Labute approximate surface area is 200 Å². The van der Waals surface area contributed by atoms with Crippen LogP contribution in [0.1, 0.15) is 52.6 Å². The monoisotopic (exact) mass is 480 g/mol. The van der Waals surface area contributed by atoms with Crippen LogP contribution in [0.15, 0.2) is 60.7 Å². The number of Topliss-reactive ketones (excluding diaryl/α,β-unsaturated/α-hetero) is 1. The van der Waals surface area contributed by atoms with Gasteiger partial charge in [-0.15, -0.1) is 0 Å². The van der Waals surface area contributed by atoms with Gasteiger partial charge in [-0.3, -0.25) is 19.2 Å². The second kappa shape index (κ2) is 8.81. The number of hydrazine groups is 1. The quantitative estimate of drug-likeness (QED) is 0.373. The van der Waals surface area contributed by atoms with Crippen molar-refractivity contribution in [2.75, 3.05) is 6.54 Å². The molecule has 0 fully saturated rings. The Kier molecular flexibility index (Phi) is 6.06. The van der Waals surface area contributed by atoms with Crippen molar-refractivity contribution in [2.45, 2.75) is 13.8 Å². The molecule has 1 heterocycles. The van der Waals surface area contributed by atoms with Gasteiger partial charge in [-0.05, 0) is 61.4 Å². The third kappa shape index (κ3) is 4.15. The maximum atomic E-state index is 13.5. The highest BCUT2D eigenvalue weighted by Gasteiger charge is 2.42. The van der Waals surface area contributed by atoms with E-state index in [0.717, 1.165) is 16.1 Å². The van der Waals surface area contributed by atoms with Gasteiger partial charge in [-0.1, -0.05) is 47.5 Å². The van der Waals surface area contributed by atoms with E-state index < -0.39 is 30.0 Å². The van der Waals surface area contributed by atoms with Crippen LogP contribution in [0.4, 0.5) is 0 Å². The van der Waals surface area contributed by atoms with Gasteiger partial charge in [-0.2, -0.15) is 5.01 Å². The van der Waals surface area contributed by atoms with Gasteiger partial charge in [0, 0.05) is 10.6 Å². The predicted octanol–water partition coefficient (Wildman–Crippen LogP) is 5.15. The molecule has 166 valence electrons. The van der Waals surface area contributed by atoms with Crippen molar-refractivity contribution in [1.82, 2.24) is 10.0 Å². The lowest BCUT2D eigenvalue weighted by Gasteiger charge is -2.29. The molecular weight excluding hydrogens is 463 g/mol. The molecule has 33 heavy (non-hydrogen) atoms. The van der Waals surface area contributed by atoms with Gasteiger partial charge in [0.2, 0.25) is 0 Å². The SMILES string of the molecule is Cc1ccc(C(=O)CN(C(=O)c2ccc(Cl)cc2Cl)N2C(=O)c3ccccc3C2=O)cc1C. The Morgan fingerprint density at radius 3 is 2.06 bits per heavy atom. The van der Waals surface area contributed by atoms with Crippen molar-refractivity contribution in [3.05, 3.63) is 104 Å². The van der Waals surface area contributed by atoms with Gasteiger partial charge >= 0.3 is 0 Å². The van der Waals surface area contributed by atoms with Crippen molar-refractivity contribution < 1.29 is 19.2 Å². The summed E-state index contributed by atoms with van der Waals surface area (Å²) < 4.78 is 0. The Hall–Kier alpha value is -3.48. The maximum absolute atomic E-state index is 13.5. The van der Waals surface area contributed by atoms with Crippen LogP contribution in [0, 0.1) is 13.8 Å². The first-order chi connectivity index (χ1) is 15.7. The molecule has 3 aromatic rings. The van der Waals surface area contributed by atoms with E-state index in [4.69, 9.17) is 23.2 Å². The van der Waals surface area contributed by atoms with Gasteiger partial charge in [0.05, 0.1) is 21.7 Å². The van der Waals surface area contributed by atoms with Crippen LogP contribution < -0.4 is 0 Å². The molecule has 0 radical (unpaired) electrons. The van der Waals surface area contributed by atoms with Crippen LogP contribution in [0.5, 0.6) is 0 Å². The summed E-state index contributed by atoms with van der Waals surface area (Å²) in [5, 5.41) is 1.90. The van der Waals surface area contributed by atoms with Crippen molar-refractivity contribution in [1.29, 1.82) is 0 Å². The average molecular weight is 481 g/mol. The van der Waals surface area contributed by atoms with E-state index in [1.54, 1.807) is 30.3 Å². The standard InChI is InChI=1S/C25H18Cl2N2O4/c1-14-7-8-16(11-15(14)2)22(30)13-28(23(31)20-10-9-17(26)12-21(20)27)29-24(32)18-5-3-4-6-19(18)25(29)33/h3-12H,13H2,1-2H3. The molecule has 4 rings (SSSR count). The van der Waals surface area contributed by atoms with Crippen LogP contribution in [-0.2, 0) is 0 Å². The highest BCUT2D eigenvalue weighted by atomic mass is 35.5. The number of imide groups is 1. The zero-order valence-electron chi connectivity index (χ0n) is 17.8. The number of hydrogen-bond acceptors (Lipinski definition) is 4. The first kappa shape index (κ1) is 22.7. The van der Waals surface area contributed by atoms with Crippen LogP contribution in [0.2, 0.25) is 10.0 Å². The van der Waals surface area contributed by atoms with E-state index in [-0.39, 0.29) is 21.7 Å². The molecule has 3 aromatic carbocycles. The summed E-state index contributed by atoms with van der Waals surface area (Å²) >= 11 is 12.2. The maximum Gasteiger partial charge on any atom is 0.280 e. The number of fused-ring (bicyclic) bond motifs is 1. The number of halogens is 2. The Balaban J connectivity index is 1.76. The Bertz CT molecular complexity index is 1300. The van der Waals surface area contributed by atoms with Crippen LogP contribution >= 0.6 is 23.2 Å². The normalized spacial score (nSPS) is 12.7. The molecule has 8 heteroatoms. The first-order valence-electron chi connectivity index (χ1n) is 10.0. The summed E-state index contributed by atoms with van der Waals surface area (Å²) in [6.45, 7) is 3.25. The summed E-state index contributed by atoms with van der Waals surface area (Å²) in [7, 11) is 0. The van der Waals surface area contributed by atoms with Gasteiger partial charge in [0.1, 0.15) is 6.54 Å². The number of ketones is 1. The molecule has 0 saturated heterocycles. The molecule has 0 saturated carbocycles. The topological polar surface area (TPSA) is 74.8 Å². The van der Waals surface area contributed by atoms with E-state index in [1.807, 2.05) is 13.8 Å². The number of aryl methyl sites for hydroxylation is 2. The van der Waals surface area contributed by atoms with Gasteiger partial charge in [0.25, 0.3) is 17.7 Å². The second-order valence-corrected chi connectivity index (χ2v) is 8.52. The second-order valence-electron chi connectivity index (χ2n) is 7.68. The summed E-state index contributed by atoms with van der Waals surface area (Å²) in [6, 6.07) is 15.6. The number of carbonyl (C=O) groups excluding carboxylic acids is 4. The minimum absolute atomic E-state index is 0.00510. The van der Waals surface area contributed by atoms with Crippen LogP contribution in [0.3, 0.4) is 0 Å². The van der Waals surface area contributed by atoms with Gasteiger partial charge in [-0.25, -0.2) is 5.01 Å². The van der Waals surface area contributed by atoms with Crippen molar-refractivity contribution in [3.8, 4) is 0 Å². The predicted molar refractivity (Wildman–Crippen MR) is 125 cm³/mol. The van der Waals surface area contributed by atoms with Crippen molar-refractivity contribution in [2.24, 2.45) is 0 Å². The molecule has 0 N–H and O–H groups in total. The lowest BCUT2D eigenvalue weighted by atomic mass is 10.0. The average Bonchev–Trinajstić information content (AvgIpc) is 3.04. The number of benzene rings is 3. The van der Waals surface area contributed by atoms with Gasteiger partial charge < -0.3 is 0 Å². The molecule has 0 aromatic heterocycles. The minimum Gasteiger partial charge on any atom is -0.292 e. The number of nitrogens with zero attached hydrogens (tertiary/aromatic N) is 2. The summed E-state index contributed by atoms with van der Waals surface area (Å²) in [5.41, 5.74) is 2.58. The fourth-order valence-electron chi connectivity index (χ4n) is 3.57. The smallest absolute Gasteiger partial charge is 0.280 e. The number of hydrogen-bond donors (Lipinski definition) is 0. The molecular formula is C25H18Cl2N2O4. The van der Waals surface area contributed by atoms with E-state index in [1.165, 1.54) is 30.3 Å². The van der Waals surface area contributed by atoms with Gasteiger partial charge in [0.15, 0.2) is 5.78 Å². The molecule has 6 nitrogen and oxygen atoms in total. The molecule has 0 aliphatic carbocycles. The largest absolute Gasteiger partial charge is 0.292 e. The van der Waals surface area contributed by atoms with Crippen LogP contribution in [-0.4, -0.2) is 40.1 Å². The molecule has 3 amide bonds. The zero-order chi connectivity index (χ0) is 23.9. The molecule has 0 spiro atoms. The zero-order valence-corrected chi connectivity index (χ0v) is 19.3. The third-order valence-electron chi connectivity index (χ3n) is 5.53. The molecule has 1 aliphatic rings. The highest BCUT2D eigenvalue weighted by molar-refractivity contribution is 6.37. The fraction of sp³-hybridized carbons (Fsp3) is 0.120.